The first-order valence-corrected chi connectivity index (χ1v) is 10.6. The molecule has 1 N–H and O–H groups in total. The number of amides is 2. The normalized spacial score (nSPS) is 17.2. The lowest BCUT2D eigenvalue weighted by Gasteiger charge is -2.24. The number of nitrogens with one attached hydrogen (secondary N) is 1. The molecule has 2 aromatic rings. The lowest BCUT2D eigenvalue weighted by Crippen LogP contribution is -2.41. The van der Waals surface area contributed by atoms with Crippen LogP contribution in [0.5, 0.6) is 0 Å². The number of hydrogen-bond donors (Lipinski definition) is 1. The molecule has 0 bridgehead atoms. The molecular weight excluding hydrogens is 381 g/mol. The molecule has 5 nitrogen and oxygen atoms in total. The highest BCUT2D eigenvalue weighted by atomic mass is 19.1. The molecule has 1 atom stereocenters. The van der Waals surface area contributed by atoms with E-state index >= 15 is 0 Å². The summed E-state index contributed by atoms with van der Waals surface area (Å²) in [6, 6.07) is 14.4. The zero-order valence-corrected chi connectivity index (χ0v) is 17.7. The van der Waals surface area contributed by atoms with Gasteiger partial charge in [0, 0.05) is 31.7 Å². The Balaban J connectivity index is 1.84. The molecule has 3 rings (SSSR count). The topological polar surface area (TPSA) is 52.6 Å². The van der Waals surface area contributed by atoms with Crippen LogP contribution < -0.4 is 5.32 Å². The van der Waals surface area contributed by atoms with Gasteiger partial charge < -0.3 is 15.1 Å². The molecule has 0 radical (unpaired) electrons. The van der Waals surface area contributed by atoms with E-state index in [2.05, 4.69) is 12.2 Å². The molecule has 0 aliphatic carbocycles. The van der Waals surface area contributed by atoms with Crippen LogP contribution in [0, 0.1) is 11.7 Å². The summed E-state index contributed by atoms with van der Waals surface area (Å²) in [5.74, 6) is -0.476. The molecule has 0 spiro atoms. The molecule has 1 aliphatic heterocycles. The van der Waals surface area contributed by atoms with Crippen molar-refractivity contribution in [1.29, 1.82) is 0 Å². The Hall–Kier alpha value is -2.73. The number of halogens is 1. The van der Waals surface area contributed by atoms with Gasteiger partial charge in [0.1, 0.15) is 5.82 Å². The van der Waals surface area contributed by atoms with Crippen molar-refractivity contribution in [3.63, 3.8) is 0 Å². The second-order valence-electron chi connectivity index (χ2n) is 7.78. The lowest BCUT2D eigenvalue weighted by molar-refractivity contribution is -0.134. The van der Waals surface area contributed by atoms with Gasteiger partial charge in [-0.1, -0.05) is 49.4 Å². The number of likely N-dealkylation sites (N-methyl/N-ethyl adjacent to an activating group) is 1. The van der Waals surface area contributed by atoms with E-state index < -0.39 is 0 Å². The largest absolute Gasteiger partial charge is 0.341 e. The number of rotatable bonds is 7. The van der Waals surface area contributed by atoms with E-state index in [1.54, 1.807) is 24.1 Å². The van der Waals surface area contributed by atoms with E-state index in [0.29, 0.717) is 38.2 Å². The Morgan fingerprint density at radius 1 is 1.17 bits per heavy atom. The fourth-order valence-corrected chi connectivity index (χ4v) is 4.02. The van der Waals surface area contributed by atoms with Crippen LogP contribution in [0.1, 0.15) is 18.9 Å². The van der Waals surface area contributed by atoms with Gasteiger partial charge in [0.2, 0.25) is 11.8 Å². The molecule has 0 unspecified atom stereocenters. The minimum atomic E-state index is -0.310. The summed E-state index contributed by atoms with van der Waals surface area (Å²) < 4.78 is 14.2. The highest BCUT2D eigenvalue weighted by Crippen LogP contribution is 2.25. The number of carbonyl (C=O) groups excluding carboxylic acids is 2. The third-order valence-electron chi connectivity index (χ3n) is 5.51. The molecule has 2 aromatic carbocycles. The van der Waals surface area contributed by atoms with Crippen molar-refractivity contribution < 1.29 is 14.0 Å². The van der Waals surface area contributed by atoms with Crippen LogP contribution in [0.25, 0.3) is 11.1 Å². The second kappa shape index (κ2) is 10.3. The Morgan fingerprint density at radius 3 is 2.70 bits per heavy atom. The maximum atomic E-state index is 14.2. The van der Waals surface area contributed by atoms with Crippen LogP contribution in [0.15, 0.2) is 48.5 Å². The van der Waals surface area contributed by atoms with Crippen molar-refractivity contribution in [2.75, 3.05) is 39.8 Å². The predicted octanol–water partition coefficient (Wildman–Crippen LogP) is 2.95. The number of hydrogen-bond acceptors (Lipinski definition) is 3. The van der Waals surface area contributed by atoms with Crippen molar-refractivity contribution in [1.82, 2.24) is 15.1 Å². The van der Waals surface area contributed by atoms with E-state index in [-0.39, 0.29) is 30.1 Å². The van der Waals surface area contributed by atoms with Gasteiger partial charge in [-0.2, -0.15) is 0 Å². The lowest BCUT2D eigenvalue weighted by atomic mass is 9.94. The van der Waals surface area contributed by atoms with Crippen LogP contribution in [-0.4, -0.2) is 61.4 Å². The van der Waals surface area contributed by atoms with E-state index in [1.165, 1.54) is 6.07 Å². The summed E-state index contributed by atoms with van der Waals surface area (Å²) in [7, 11) is 1.75. The molecule has 2 amide bonds. The van der Waals surface area contributed by atoms with Crippen molar-refractivity contribution in [2.24, 2.45) is 5.92 Å². The number of carbonyl (C=O) groups is 2. The minimum Gasteiger partial charge on any atom is -0.341 e. The Kier molecular flexibility index (Phi) is 7.57. The standard InChI is InChI=1S/C24H30FN3O2/c1-3-11-27-12-13-28(23(29)16-26-2)17-20(24(27)30)15-18-7-6-8-19(14-18)21-9-4-5-10-22(21)25/h4-10,14,20,26H,3,11-13,15-17H2,1-2H3/t20-/m1/s1. The molecule has 6 heteroatoms. The summed E-state index contributed by atoms with van der Waals surface area (Å²) in [6.45, 7) is 4.53. The second-order valence-corrected chi connectivity index (χ2v) is 7.78. The molecule has 1 saturated heterocycles. The van der Waals surface area contributed by atoms with E-state index in [0.717, 1.165) is 17.5 Å². The molecule has 1 heterocycles. The highest BCUT2D eigenvalue weighted by molar-refractivity contribution is 5.83. The molecule has 30 heavy (non-hydrogen) atoms. The average molecular weight is 412 g/mol. The molecule has 1 aliphatic rings. The number of nitrogens with zero attached hydrogens (tertiary/aromatic N) is 2. The van der Waals surface area contributed by atoms with E-state index in [9.17, 15) is 14.0 Å². The number of benzene rings is 2. The molecule has 160 valence electrons. The van der Waals surface area contributed by atoms with Crippen LogP contribution >= 0.6 is 0 Å². The van der Waals surface area contributed by atoms with Gasteiger partial charge in [0.05, 0.1) is 12.5 Å². The van der Waals surface area contributed by atoms with Gasteiger partial charge in [-0.05, 0) is 37.1 Å². The fourth-order valence-electron chi connectivity index (χ4n) is 4.02. The summed E-state index contributed by atoms with van der Waals surface area (Å²) in [5, 5.41) is 2.90. The quantitative estimate of drug-likeness (QED) is 0.762. The van der Waals surface area contributed by atoms with Crippen LogP contribution in [0.3, 0.4) is 0 Å². The smallest absolute Gasteiger partial charge is 0.236 e. The van der Waals surface area contributed by atoms with Crippen molar-refractivity contribution in [2.45, 2.75) is 19.8 Å². The molecule has 1 fully saturated rings. The van der Waals surface area contributed by atoms with Gasteiger partial charge in [-0.15, -0.1) is 0 Å². The predicted molar refractivity (Wildman–Crippen MR) is 116 cm³/mol. The average Bonchev–Trinajstić information content (AvgIpc) is 2.89. The summed E-state index contributed by atoms with van der Waals surface area (Å²) in [4.78, 5) is 29.3. The summed E-state index contributed by atoms with van der Waals surface area (Å²) in [5.41, 5.74) is 2.30. The molecule has 0 saturated carbocycles. The van der Waals surface area contributed by atoms with Crippen molar-refractivity contribution >= 4 is 11.8 Å². The molecule has 0 aromatic heterocycles. The Labute approximate surface area is 177 Å². The summed E-state index contributed by atoms with van der Waals surface area (Å²) in [6.07, 6.45) is 1.40. The van der Waals surface area contributed by atoms with E-state index in [4.69, 9.17) is 0 Å². The van der Waals surface area contributed by atoms with Crippen LogP contribution in [0.2, 0.25) is 0 Å². The summed E-state index contributed by atoms with van der Waals surface area (Å²) >= 11 is 0. The van der Waals surface area contributed by atoms with Gasteiger partial charge in [0.25, 0.3) is 0 Å². The molecular formula is C24H30FN3O2. The third-order valence-corrected chi connectivity index (χ3v) is 5.51. The maximum Gasteiger partial charge on any atom is 0.236 e. The fraction of sp³-hybridized carbons (Fsp3) is 0.417. The maximum absolute atomic E-state index is 14.2. The highest BCUT2D eigenvalue weighted by Gasteiger charge is 2.31. The Bertz CT molecular complexity index is 886. The van der Waals surface area contributed by atoms with Crippen LogP contribution in [0.4, 0.5) is 4.39 Å². The Morgan fingerprint density at radius 2 is 1.97 bits per heavy atom. The van der Waals surface area contributed by atoms with Crippen LogP contribution in [-0.2, 0) is 16.0 Å². The van der Waals surface area contributed by atoms with Crippen molar-refractivity contribution in [3.05, 3.63) is 59.9 Å². The SMILES string of the molecule is CCCN1CCN(C(=O)CNC)C[C@@H](Cc2cccc(-c3ccccc3F)c2)C1=O. The third kappa shape index (κ3) is 5.25. The van der Waals surface area contributed by atoms with Gasteiger partial charge in [-0.3, -0.25) is 9.59 Å². The van der Waals surface area contributed by atoms with Gasteiger partial charge in [-0.25, -0.2) is 4.39 Å². The van der Waals surface area contributed by atoms with Gasteiger partial charge in [0.15, 0.2) is 0 Å². The first kappa shape index (κ1) is 22.0. The zero-order chi connectivity index (χ0) is 21.5. The van der Waals surface area contributed by atoms with E-state index in [1.807, 2.05) is 35.2 Å². The zero-order valence-electron chi connectivity index (χ0n) is 17.7. The first-order chi connectivity index (χ1) is 14.5. The monoisotopic (exact) mass is 411 g/mol. The van der Waals surface area contributed by atoms with Gasteiger partial charge >= 0.3 is 0 Å². The van der Waals surface area contributed by atoms with Crippen molar-refractivity contribution in [3.8, 4) is 11.1 Å². The first-order valence-electron chi connectivity index (χ1n) is 10.6. The minimum absolute atomic E-state index is 0.00811.